The van der Waals surface area contributed by atoms with Crippen LogP contribution in [0.25, 0.3) is 9.88 Å². The minimum Gasteiger partial charge on any atom is -0.351 e. The Bertz CT molecular complexity index is 744. The Morgan fingerprint density at radius 2 is 2.16 bits per heavy atom. The lowest BCUT2D eigenvalue weighted by Crippen LogP contribution is -2.34. The molecule has 0 unspecified atom stereocenters. The third-order valence-corrected chi connectivity index (χ3v) is 6.78. The van der Waals surface area contributed by atoms with E-state index < -0.39 is 0 Å². The Kier molecular flexibility index (Phi) is 6.61. The summed E-state index contributed by atoms with van der Waals surface area (Å²) in [5.41, 5.74) is 0.454. The summed E-state index contributed by atoms with van der Waals surface area (Å²) < 4.78 is 1.02. The van der Waals surface area contributed by atoms with Crippen molar-refractivity contribution < 1.29 is 9.59 Å². The molecule has 2 aromatic rings. The van der Waals surface area contributed by atoms with Gasteiger partial charge in [0.15, 0.2) is 0 Å². The SMILES string of the molecule is O=C(NCCCN1CCCCCC1=O)c1csc(-c2cc(Br)cs2)n1. The number of amides is 2. The maximum Gasteiger partial charge on any atom is 0.270 e. The van der Waals surface area contributed by atoms with Crippen LogP contribution in [0.1, 0.15) is 42.6 Å². The smallest absolute Gasteiger partial charge is 0.270 e. The predicted molar refractivity (Wildman–Crippen MR) is 105 cm³/mol. The highest BCUT2D eigenvalue weighted by Gasteiger charge is 2.16. The average molecular weight is 442 g/mol. The van der Waals surface area contributed by atoms with Crippen molar-refractivity contribution in [2.75, 3.05) is 19.6 Å². The summed E-state index contributed by atoms with van der Waals surface area (Å²) in [6.45, 7) is 2.11. The van der Waals surface area contributed by atoms with Crippen molar-refractivity contribution >= 4 is 50.4 Å². The van der Waals surface area contributed by atoms with Gasteiger partial charge in [-0.05, 0) is 41.3 Å². The van der Waals surface area contributed by atoms with Gasteiger partial charge in [0.25, 0.3) is 5.91 Å². The van der Waals surface area contributed by atoms with E-state index in [1.54, 1.807) is 16.7 Å². The van der Waals surface area contributed by atoms with Crippen molar-refractivity contribution in [2.24, 2.45) is 0 Å². The van der Waals surface area contributed by atoms with Crippen molar-refractivity contribution in [2.45, 2.75) is 32.1 Å². The number of hydrogen-bond acceptors (Lipinski definition) is 5. The molecule has 0 spiro atoms. The molecule has 0 saturated carbocycles. The summed E-state index contributed by atoms with van der Waals surface area (Å²) >= 11 is 6.50. The van der Waals surface area contributed by atoms with Gasteiger partial charge in [-0.1, -0.05) is 6.42 Å². The molecule has 3 rings (SSSR count). The lowest BCUT2D eigenvalue weighted by molar-refractivity contribution is -0.130. The molecule has 134 valence electrons. The van der Waals surface area contributed by atoms with Gasteiger partial charge in [0.2, 0.25) is 5.91 Å². The number of likely N-dealkylation sites (tertiary alicyclic amines) is 1. The second-order valence-electron chi connectivity index (χ2n) is 5.97. The van der Waals surface area contributed by atoms with Gasteiger partial charge in [-0.3, -0.25) is 9.59 Å². The van der Waals surface area contributed by atoms with Gasteiger partial charge in [-0.2, -0.15) is 0 Å². The molecule has 0 radical (unpaired) electrons. The first-order valence-electron chi connectivity index (χ1n) is 8.39. The Morgan fingerprint density at radius 3 is 2.96 bits per heavy atom. The van der Waals surface area contributed by atoms with E-state index in [-0.39, 0.29) is 11.8 Å². The fraction of sp³-hybridized carbons (Fsp3) is 0.471. The fourth-order valence-corrected chi connectivity index (χ4v) is 5.06. The minimum absolute atomic E-state index is 0.152. The van der Waals surface area contributed by atoms with Crippen molar-refractivity contribution in [3.05, 3.63) is 27.0 Å². The van der Waals surface area contributed by atoms with E-state index in [9.17, 15) is 9.59 Å². The molecular formula is C17H20BrN3O2S2. The fourth-order valence-electron chi connectivity index (χ4n) is 2.75. The van der Waals surface area contributed by atoms with Crippen LogP contribution in [0.15, 0.2) is 21.3 Å². The summed E-state index contributed by atoms with van der Waals surface area (Å²) in [7, 11) is 0. The van der Waals surface area contributed by atoms with Crippen LogP contribution in [-0.2, 0) is 4.79 Å². The number of hydrogen-bond donors (Lipinski definition) is 1. The molecule has 0 aromatic carbocycles. The summed E-state index contributed by atoms with van der Waals surface area (Å²) in [5.74, 6) is 0.0930. The Balaban J connectivity index is 1.45. The predicted octanol–water partition coefficient (Wildman–Crippen LogP) is 4.16. The van der Waals surface area contributed by atoms with E-state index in [0.29, 0.717) is 25.2 Å². The quantitative estimate of drug-likeness (QED) is 0.684. The molecule has 0 atom stereocenters. The Labute approximate surface area is 163 Å². The number of thiophene rings is 1. The Morgan fingerprint density at radius 1 is 1.28 bits per heavy atom. The summed E-state index contributed by atoms with van der Waals surface area (Å²) in [6.07, 6.45) is 4.64. The normalized spacial score (nSPS) is 15.2. The monoisotopic (exact) mass is 441 g/mol. The van der Waals surface area contributed by atoms with Gasteiger partial charge in [-0.25, -0.2) is 4.98 Å². The maximum atomic E-state index is 12.2. The van der Waals surface area contributed by atoms with E-state index in [2.05, 4.69) is 26.2 Å². The van der Waals surface area contributed by atoms with Crippen LogP contribution in [-0.4, -0.2) is 41.3 Å². The lowest BCUT2D eigenvalue weighted by atomic mass is 10.2. The molecule has 1 aliphatic rings. The Hall–Kier alpha value is -1.25. The zero-order valence-corrected chi connectivity index (χ0v) is 17.0. The number of aromatic nitrogens is 1. The van der Waals surface area contributed by atoms with E-state index in [4.69, 9.17) is 0 Å². The number of carbonyl (C=O) groups excluding carboxylic acids is 2. The van der Waals surface area contributed by atoms with Crippen molar-refractivity contribution in [1.29, 1.82) is 0 Å². The molecule has 1 saturated heterocycles. The van der Waals surface area contributed by atoms with Crippen LogP contribution in [0.3, 0.4) is 0 Å². The van der Waals surface area contributed by atoms with Gasteiger partial charge >= 0.3 is 0 Å². The second-order valence-corrected chi connectivity index (χ2v) is 8.65. The molecule has 3 heterocycles. The first kappa shape index (κ1) is 18.5. The van der Waals surface area contributed by atoms with Crippen LogP contribution >= 0.6 is 38.6 Å². The van der Waals surface area contributed by atoms with Gasteiger partial charge in [-0.15, -0.1) is 22.7 Å². The third-order valence-electron chi connectivity index (χ3n) is 4.08. The summed E-state index contributed by atoms with van der Waals surface area (Å²) in [6, 6.07) is 2.00. The van der Waals surface area contributed by atoms with Gasteiger partial charge in [0.1, 0.15) is 10.7 Å². The molecule has 1 aliphatic heterocycles. The van der Waals surface area contributed by atoms with E-state index in [1.807, 2.05) is 16.3 Å². The molecule has 1 fully saturated rings. The van der Waals surface area contributed by atoms with E-state index in [0.717, 1.165) is 46.6 Å². The number of thiazole rings is 1. The molecule has 2 amide bonds. The number of carbonyl (C=O) groups is 2. The second kappa shape index (κ2) is 8.91. The van der Waals surface area contributed by atoms with Crippen LogP contribution < -0.4 is 5.32 Å². The topological polar surface area (TPSA) is 62.3 Å². The number of halogens is 1. The first-order valence-corrected chi connectivity index (χ1v) is 10.9. The number of nitrogens with zero attached hydrogens (tertiary/aromatic N) is 2. The van der Waals surface area contributed by atoms with Crippen molar-refractivity contribution in [1.82, 2.24) is 15.2 Å². The molecular weight excluding hydrogens is 422 g/mol. The third kappa shape index (κ3) is 5.12. The largest absolute Gasteiger partial charge is 0.351 e. The minimum atomic E-state index is -0.152. The highest BCUT2D eigenvalue weighted by atomic mass is 79.9. The molecule has 2 aromatic heterocycles. The molecule has 5 nitrogen and oxygen atoms in total. The first-order chi connectivity index (χ1) is 12.1. The van der Waals surface area contributed by atoms with Gasteiger partial charge in [0, 0.05) is 41.3 Å². The van der Waals surface area contributed by atoms with Crippen molar-refractivity contribution in [3.63, 3.8) is 0 Å². The average Bonchev–Trinajstić information content (AvgIpc) is 3.20. The molecule has 25 heavy (non-hydrogen) atoms. The van der Waals surface area contributed by atoms with E-state index >= 15 is 0 Å². The van der Waals surface area contributed by atoms with Crippen LogP contribution in [0, 0.1) is 0 Å². The highest BCUT2D eigenvalue weighted by Crippen LogP contribution is 2.31. The van der Waals surface area contributed by atoms with Crippen LogP contribution in [0.5, 0.6) is 0 Å². The number of nitrogens with one attached hydrogen (secondary N) is 1. The summed E-state index contributed by atoms with van der Waals surface area (Å²) in [4.78, 5) is 31.5. The zero-order valence-electron chi connectivity index (χ0n) is 13.8. The van der Waals surface area contributed by atoms with E-state index in [1.165, 1.54) is 11.3 Å². The highest BCUT2D eigenvalue weighted by molar-refractivity contribution is 9.10. The van der Waals surface area contributed by atoms with Crippen LogP contribution in [0.2, 0.25) is 0 Å². The maximum absolute atomic E-state index is 12.2. The van der Waals surface area contributed by atoms with Gasteiger partial charge in [0.05, 0.1) is 4.88 Å². The lowest BCUT2D eigenvalue weighted by Gasteiger charge is -2.20. The van der Waals surface area contributed by atoms with Crippen LogP contribution in [0.4, 0.5) is 0 Å². The zero-order chi connectivity index (χ0) is 17.6. The molecule has 0 aliphatic carbocycles. The van der Waals surface area contributed by atoms with Crippen molar-refractivity contribution in [3.8, 4) is 9.88 Å². The van der Waals surface area contributed by atoms with Gasteiger partial charge < -0.3 is 10.2 Å². The number of rotatable bonds is 6. The standard InChI is InChI=1S/C17H20BrN3O2S2/c18-12-9-14(24-10-12)17-20-13(11-25-17)16(23)19-6-4-8-21-7-3-1-2-5-15(21)22/h9-11H,1-8H2,(H,19,23). The summed E-state index contributed by atoms with van der Waals surface area (Å²) in [5, 5.41) is 7.55. The molecule has 0 bridgehead atoms. The molecule has 1 N–H and O–H groups in total. The molecule has 8 heteroatoms.